The summed E-state index contributed by atoms with van der Waals surface area (Å²) in [6.45, 7) is 4.10. The maximum absolute atomic E-state index is 5.88. The number of hydrogen-bond acceptors (Lipinski definition) is 5. The van der Waals surface area contributed by atoms with Gasteiger partial charge >= 0.3 is 0 Å². The summed E-state index contributed by atoms with van der Waals surface area (Å²) in [6, 6.07) is 4.21. The molecular weight excluding hydrogens is 284 g/mol. The Balaban J connectivity index is 2.06. The Morgan fingerprint density at radius 2 is 2.29 bits per heavy atom. The summed E-state index contributed by atoms with van der Waals surface area (Å²) in [7, 11) is 3.65. The molecule has 5 heteroatoms. The Morgan fingerprint density at radius 3 is 2.90 bits per heavy atom. The van der Waals surface area contributed by atoms with Gasteiger partial charge in [-0.15, -0.1) is 11.3 Å². The molecule has 0 bridgehead atoms. The molecule has 0 amide bonds. The predicted octanol–water partition coefficient (Wildman–Crippen LogP) is 3.09. The van der Waals surface area contributed by atoms with Gasteiger partial charge in [0, 0.05) is 28.6 Å². The zero-order valence-electron chi connectivity index (χ0n) is 12.8. The third-order valence-corrected chi connectivity index (χ3v) is 4.76. The number of nitrogens with one attached hydrogen (secondary N) is 1. The van der Waals surface area contributed by atoms with Crippen LogP contribution in [-0.2, 0) is 6.42 Å². The predicted molar refractivity (Wildman–Crippen MR) is 84.5 cm³/mol. The molecule has 2 heterocycles. The molecule has 112 valence electrons. The van der Waals surface area contributed by atoms with E-state index in [2.05, 4.69) is 34.7 Å². The zero-order valence-corrected chi connectivity index (χ0v) is 13.6. The van der Waals surface area contributed by atoms with E-state index in [1.54, 1.807) is 18.4 Å². The van der Waals surface area contributed by atoms with E-state index in [0.29, 0.717) is 0 Å². The summed E-state index contributed by atoms with van der Waals surface area (Å²) >= 11 is 1.66. The molecule has 2 atom stereocenters. The number of aromatic nitrogens is 1. The molecule has 3 rings (SSSR count). The smallest absolute Gasteiger partial charge is 0.124 e. The highest BCUT2D eigenvalue weighted by molar-refractivity contribution is 7.09. The van der Waals surface area contributed by atoms with Crippen molar-refractivity contribution in [1.82, 2.24) is 10.3 Å². The lowest BCUT2D eigenvalue weighted by Crippen LogP contribution is -2.18. The number of thiazole rings is 1. The lowest BCUT2D eigenvalue weighted by molar-refractivity contribution is 0.254. The molecule has 0 spiro atoms. The highest BCUT2D eigenvalue weighted by Gasteiger charge is 2.26. The van der Waals surface area contributed by atoms with Crippen LogP contribution in [0.15, 0.2) is 17.5 Å². The number of fused-ring (bicyclic) bond motifs is 1. The highest BCUT2D eigenvalue weighted by atomic mass is 32.1. The highest BCUT2D eigenvalue weighted by Crippen LogP contribution is 2.39. The minimum atomic E-state index is 0.0171. The van der Waals surface area contributed by atoms with Gasteiger partial charge in [-0.25, -0.2) is 4.98 Å². The van der Waals surface area contributed by atoms with E-state index in [1.165, 1.54) is 5.56 Å². The van der Waals surface area contributed by atoms with E-state index in [0.717, 1.165) is 34.2 Å². The third kappa shape index (κ3) is 2.63. The molecule has 2 aromatic rings. The molecule has 2 unspecified atom stereocenters. The van der Waals surface area contributed by atoms with Crippen molar-refractivity contribution in [1.29, 1.82) is 0 Å². The van der Waals surface area contributed by atoms with Gasteiger partial charge < -0.3 is 14.8 Å². The average Bonchev–Trinajstić information content (AvgIpc) is 3.03. The second-order valence-corrected chi connectivity index (χ2v) is 6.27. The average molecular weight is 304 g/mol. The lowest BCUT2D eigenvalue weighted by atomic mass is 10.0. The summed E-state index contributed by atoms with van der Waals surface area (Å²) in [5.74, 6) is 1.85. The second kappa shape index (κ2) is 5.66. The van der Waals surface area contributed by atoms with Gasteiger partial charge in [0.25, 0.3) is 0 Å². The molecule has 1 aliphatic rings. The van der Waals surface area contributed by atoms with Crippen molar-refractivity contribution in [3.63, 3.8) is 0 Å². The number of rotatable bonds is 4. The Bertz CT molecular complexity index is 654. The number of methoxy groups -OCH3 is 1. The van der Waals surface area contributed by atoms with Crippen LogP contribution in [0.2, 0.25) is 0 Å². The Labute approximate surface area is 129 Å². The van der Waals surface area contributed by atoms with Gasteiger partial charge in [0.2, 0.25) is 0 Å². The normalized spacial score (nSPS) is 18.2. The van der Waals surface area contributed by atoms with Crippen molar-refractivity contribution in [3.05, 3.63) is 39.3 Å². The quantitative estimate of drug-likeness (QED) is 0.942. The fraction of sp³-hybridized carbons (Fsp3) is 0.438. The van der Waals surface area contributed by atoms with Crippen LogP contribution in [0.3, 0.4) is 0 Å². The van der Waals surface area contributed by atoms with Gasteiger partial charge in [0.1, 0.15) is 22.6 Å². The maximum atomic E-state index is 5.88. The molecule has 0 aliphatic carbocycles. The first-order valence-corrected chi connectivity index (χ1v) is 7.97. The number of benzene rings is 1. The fourth-order valence-corrected chi connectivity index (χ4v) is 3.70. The SMILES string of the molecule is CNC(c1nc(C)cs1)c1cc2c(cc1OC)CC(C)O2. The molecule has 1 aromatic heterocycles. The molecule has 0 radical (unpaired) electrons. The molecule has 0 fully saturated rings. The van der Waals surface area contributed by atoms with Crippen molar-refractivity contribution in [2.24, 2.45) is 0 Å². The number of ether oxygens (including phenoxy) is 2. The molecular formula is C16H20N2O2S. The van der Waals surface area contributed by atoms with Crippen molar-refractivity contribution < 1.29 is 9.47 Å². The van der Waals surface area contributed by atoms with Crippen LogP contribution in [0.4, 0.5) is 0 Å². The van der Waals surface area contributed by atoms with Crippen LogP contribution in [0.25, 0.3) is 0 Å². The van der Waals surface area contributed by atoms with Crippen LogP contribution in [0.1, 0.15) is 34.8 Å². The molecule has 21 heavy (non-hydrogen) atoms. The van der Waals surface area contributed by atoms with Crippen LogP contribution in [-0.4, -0.2) is 25.2 Å². The third-order valence-electron chi connectivity index (χ3n) is 3.73. The van der Waals surface area contributed by atoms with Gasteiger partial charge in [-0.05, 0) is 33.0 Å². The Hall–Kier alpha value is -1.59. The van der Waals surface area contributed by atoms with Crippen molar-refractivity contribution >= 4 is 11.3 Å². The van der Waals surface area contributed by atoms with Gasteiger partial charge in [0.15, 0.2) is 0 Å². The van der Waals surface area contributed by atoms with Gasteiger partial charge in [-0.3, -0.25) is 0 Å². The van der Waals surface area contributed by atoms with E-state index in [9.17, 15) is 0 Å². The topological polar surface area (TPSA) is 43.4 Å². The zero-order chi connectivity index (χ0) is 15.0. The number of hydrogen-bond donors (Lipinski definition) is 1. The minimum absolute atomic E-state index is 0.0171. The van der Waals surface area contributed by atoms with Gasteiger partial charge in [0.05, 0.1) is 13.2 Å². The van der Waals surface area contributed by atoms with Crippen LogP contribution in [0.5, 0.6) is 11.5 Å². The Kier molecular flexibility index (Phi) is 3.87. The van der Waals surface area contributed by atoms with E-state index < -0.39 is 0 Å². The molecule has 0 saturated heterocycles. The summed E-state index contributed by atoms with van der Waals surface area (Å²) < 4.78 is 11.5. The standard InChI is InChI=1S/C16H20N2O2S/c1-9-8-21-16(18-9)15(17-3)12-7-13-11(5-10(2)20-13)6-14(12)19-4/h6-8,10,15,17H,5H2,1-4H3. The molecule has 0 saturated carbocycles. The van der Waals surface area contributed by atoms with Crippen molar-refractivity contribution in [2.75, 3.05) is 14.2 Å². The van der Waals surface area contributed by atoms with E-state index in [1.807, 2.05) is 14.0 Å². The van der Waals surface area contributed by atoms with E-state index in [-0.39, 0.29) is 12.1 Å². The van der Waals surface area contributed by atoms with Crippen molar-refractivity contribution in [2.45, 2.75) is 32.4 Å². The first-order valence-electron chi connectivity index (χ1n) is 7.09. The van der Waals surface area contributed by atoms with E-state index >= 15 is 0 Å². The van der Waals surface area contributed by atoms with Gasteiger partial charge in [-0.1, -0.05) is 0 Å². The fourth-order valence-electron chi connectivity index (χ4n) is 2.77. The molecule has 1 aliphatic heterocycles. The number of aryl methyl sites for hydroxylation is 1. The first-order chi connectivity index (χ1) is 10.1. The minimum Gasteiger partial charge on any atom is -0.496 e. The molecule has 1 aromatic carbocycles. The van der Waals surface area contributed by atoms with E-state index in [4.69, 9.17) is 9.47 Å². The summed E-state index contributed by atoms with van der Waals surface area (Å²) in [5.41, 5.74) is 3.33. The monoisotopic (exact) mass is 304 g/mol. The second-order valence-electron chi connectivity index (χ2n) is 5.38. The van der Waals surface area contributed by atoms with Crippen LogP contribution >= 0.6 is 11.3 Å². The maximum Gasteiger partial charge on any atom is 0.124 e. The molecule has 4 nitrogen and oxygen atoms in total. The summed E-state index contributed by atoms with van der Waals surface area (Å²) in [5, 5.41) is 6.45. The summed E-state index contributed by atoms with van der Waals surface area (Å²) in [4.78, 5) is 4.60. The number of nitrogens with zero attached hydrogens (tertiary/aromatic N) is 1. The summed E-state index contributed by atoms with van der Waals surface area (Å²) in [6.07, 6.45) is 1.17. The van der Waals surface area contributed by atoms with Crippen molar-refractivity contribution in [3.8, 4) is 11.5 Å². The van der Waals surface area contributed by atoms with Crippen LogP contribution < -0.4 is 14.8 Å². The molecule has 1 N–H and O–H groups in total. The first kappa shape index (κ1) is 14.4. The largest absolute Gasteiger partial charge is 0.496 e. The van der Waals surface area contributed by atoms with Crippen LogP contribution in [0, 0.1) is 6.92 Å². The lowest BCUT2D eigenvalue weighted by Gasteiger charge is -2.18. The van der Waals surface area contributed by atoms with Gasteiger partial charge in [-0.2, -0.15) is 0 Å². The Morgan fingerprint density at radius 1 is 1.48 bits per heavy atom.